The lowest BCUT2D eigenvalue weighted by atomic mass is 9.86. The van der Waals surface area contributed by atoms with E-state index >= 15 is 0 Å². The van der Waals surface area contributed by atoms with E-state index in [1.807, 2.05) is 75.4 Å². The van der Waals surface area contributed by atoms with Gasteiger partial charge >= 0.3 is 0 Å². The summed E-state index contributed by atoms with van der Waals surface area (Å²) in [5.41, 5.74) is 4.61. The van der Waals surface area contributed by atoms with Gasteiger partial charge in [0.25, 0.3) is 0 Å². The molecule has 0 aliphatic carbocycles. The Kier molecular flexibility index (Phi) is 8.03. The second-order valence-electron chi connectivity index (χ2n) is 9.33. The summed E-state index contributed by atoms with van der Waals surface area (Å²) < 4.78 is 1.51. The maximum Gasteiger partial charge on any atom is 0.245 e. The zero-order valence-corrected chi connectivity index (χ0v) is 20.3. The van der Waals surface area contributed by atoms with Gasteiger partial charge in [0.1, 0.15) is 12.1 Å². The van der Waals surface area contributed by atoms with Gasteiger partial charge in [0, 0.05) is 18.8 Å². The summed E-state index contributed by atoms with van der Waals surface area (Å²) in [7, 11) is 1.50. The lowest BCUT2D eigenvalue weighted by molar-refractivity contribution is -0.136. The average Bonchev–Trinajstić information content (AvgIpc) is 3.35. The number of hydrogen-bond donors (Lipinski definition) is 4. The van der Waals surface area contributed by atoms with Crippen molar-refractivity contribution >= 4 is 17.7 Å². The maximum absolute atomic E-state index is 13.2. The molecule has 4 N–H and O–H groups in total. The van der Waals surface area contributed by atoms with Crippen molar-refractivity contribution in [1.29, 1.82) is 0 Å². The number of carbonyl (C=O) groups excluding carboxylic acids is 3. The van der Waals surface area contributed by atoms with Crippen LogP contribution in [0.1, 0.15) is 33.2 Å². The van der Waals surface area contributed by atoms with Crippen molar-refractivity contribution in [2.75, 3.05) is 7.05 Å². The normalized spacial score (nSPS) is 12.9. The van der Waals surface area contributed by atoms with Crippen LogP contribution in [-0.4, -0.2) is 45.6 Å². The van der Waals surface area contributed by atoms with Crippen molar-refractivity contribution in [3.05, 3.63) is 67.1 Å². The number of amides is 3. The number of nitrogens with zero attached hydrogens (tertiary/aromatic N) is 2. The number of carbonyl (C=O) groups is 3. The molecule has 0 saturated carbocycles. The first-order valence-electron chi connectivity index (χ1n) is 11.3. The van der Waals surface area contributed by atoms with Gasteiger partial charge in [0.2, 0.25) is 17.7 Å². The van der Waals surface area contributed by atoms with E-state index in [1.165, 1.54) is 17.9 Å². The van der Waals surface area contributed by atoms with Gasteiger partial charge in [-0.05, 0) is 16.5 Å². The Morgan fingerprint density at radius 2 is 1.54 bits per heavy atom. The van der Waals surface area contributed by atoms with E-state index in [2.05, 4.69) is 15.6 Å². The third kappa shape index (κ3) is 6.33. The third-order valence-corrected chi connectivity index (χ3v) is 5.72. The van der Waals surface area contributed by atoms with Crippen LogP contribution in [0, 0.1) is 5.41 Å². The molecular formula is C26H31N5O4. The Balaban J connectivity index is 1.86. The van der Waals surface area contributed by atoms with E-state index in [0.29, 0.717) is 5.69 Å². The van der Waals surface area contributed by atoms with Crippen LogP contribution < -0.4 is 16.1 Å². The molecule has 3 amide bonds. The van der Waals surface area contributed by atoms with Crippen molar-refractivity contribution in [2.24, 2.45) is 5.41 Å². The van der Waals surface area contributed by atoms with Gasteiger partial charge in [-0.2, -0.15) is 0 Å². The highest BCUT2D eigenvalue weighted by Crippen LogP contribution is 2.26. The molecule has 0 saturated heterocycles. The molecule has 0 aliphatic rings. The highest BCUT2D eigenvalue weighted by Gasteiger charge is 2.35. The number of hydroxylamine groups is 1. The predicted octanol–water partition coefficient (Wildman–Crippen LogP) is 2.93. The molecule has 2 atom stereocenters. The molecule has 9 nitrogen and oxygen atoms in total. The Morgan fingerprint density at radius 1 is 0.943 bits per heavy atom. The van der Waals surface area contributed by atoms with Crippen molar-refractivity contribution in [3.63, 3.8) is 0 Å². The van der Waals surface area contributed by atoms with E-state index in [9.17, 15) is 14.4 Å². The van der Waals surface area contributed by atoms with Gasteiger partial charge in [-0.1, -0.05) is 75.4 Å². The molecule has 2 unspecified atom stereocenters. The second-order valence-corrected chi connectivity index (χ2v) is 9.33. The van der Waals surface area contributed by atoms with Crippen LogP contribution in [0.3, 0.4) is 0 Å². The minimum Gasteiger partial charge on any atom is -0.357 e. The van der Waals surface area contributed by atoms with Crippen molar-refractivity contribution in [1.82, 2.24) is 25.7 Å². The maximum atomic E-state index is 13.2. The van der Waals surface area contributed by atoms with Crippen molar-refractivity contribution in [3.8, 4) is 22.4 Å². The van der Waals surface area contributed by atoms with E-state index in [1.54, 1.807) is 11.7 Å². The third-order valence-electron chi connectivity index (χ3n) is 5.72. The van der Waals surface area contributed by atoms with Crippen molar-refractivity contribution < 1.29 is 19.6 Å². The van der Waals surface area contributed by atoms with Gasteiger partial charge in [0.15, 0.2) is 0 Å². The minimum atomic E-state index is -1.03. The van der Waals surface area contributed by atoms with Gasteiger partial charge in [-0.3, -0.25) is 19.6 Å². The second kappa shape index (κ2) is 11.0. The van der Waals surface area contributed by atoms with Crippen LogP contribution in [-0.2, 0) is 14.4 Å². The van der Waals surface area contributed by atoms with Crippen molar-refractivity contribution in [2.45, 2.75) is 39.3 Å². The number of likely N-dealkylation sites (N-methyl/N-ethyl adjacent to an activating group) is 1. The minimum absolute atomic E-state index is 0.338. The largest absolute Gasteiger partial charge is 0.357 e. The van der Waals surface area contributed by atoms with Gasteiger partial charge in [-0.15, -0.1) is 0 Å². The van der Waals surface area contributed by atoms with Gasteiger partial charge in [0.05, 0.1) is 18.4 Å². The first-order valence-corrected chi connectivity index (χ1v) is 11.3. The van der Waals surface area contributed by atoms with Crippen LogP contribution in [0.4, 0.5) is 0 Å². The lowest BCUT2D eigenvalue weighted by Gasteiger charge is -2.31. The van der Waals surface area contributed by atoms with Crippen LogP contribution in [0.2, 0.25) is 0 Å². The summed E-state index contributed by atoms with van der Waals surface area (Å²) >= 11 is 0. The Bertz CT molecular complexity index is 1170. The smallest absolute Gasteiger partial charge is 0.245 e. The molecule has 0 spiro atoms. The molecule has 3 aromatic rings. The van der Waals surface area contributed by atoms with E-state index < -0.39 is 29.3 Å². The fraction of sp³-hybridized carbons (Fsp3) is 0.308. The zero-order chi connectivity index (χ0) is 25.6. The molecule has 0 radical (unpaired) electrons. The van der Waals surface area contributed by atoms with E-state index in [0.717, 1.165) is 16.7 Å². The number of rotatable bonds is 8. The quantitative estimate of drug-likeness (QED) is 0.293. The topological polar surface area (TPSA) is 125 Å². The van der Waals surface area contributed by atoms with Crippen LogP contribution in [0.25, 0.3) is 22.4 Å². The molecule has 1 heterocycles. The Morgan fingerprint density at radius 3 is 2.11 bits per heavy atom. The summed E-state index contributed by atoms with van der Waals surface area (Å²) in [5, 5.41) is 14.3. The standard InChI is InChI=1S/C26H31N5O4/c1-26(2,3)23(25(34)27-4)29-24(33)21(14-22(32)30-35)31-15-20(28-16-31)19-12-10-18(11-13-19)17-8-6-5-7-9-17/h5-13,15-16,21,23,35H,14H2,1-4H3,(H,27,34)(H,29,33)(H,30,32). The average molecular weight is 478 g/mol. The molecule has 2 aromatic carbocycles. The number of hydrogen-bond acceptors (Lipinski definition) is 5. The Hall–Kier alpha value is -3.98. The van der Waals surface area contributed by atoms with Crippen LogP contribution in [0.5, 0.6) is 0 Å². The highest BCUT2D eigenvalue weighted by molar-refractivity contribution is 5.91. The monoisotopic (exact) mass is 477 g/mol. The first-order chi connectivity index (χ1) is 16.6. The SMILES string of the molecule is CNC(=O)C(NC(=O)C(CC(=O)NO)n1cnc(-c2ccc(-c3ccccc3)cc2)c1)C(C)(C)C. The molecular weight excluding hydrogens is 446 g/mol. The lowest BCUT2D eigenvalue weighted by Crippen LogP contribution is -2.54. The zero-order valence-electron chi connectivity index (χ0n) is 20.3. The van der Waals surface area contributed by atoms with Crippen LogP contribution in [0.15, 0.2) is 67.1 Å². The summed E-state index contributed by atoms with van der Waals surface area (Å²) in [4.78, 5) is 42.0. The number of benzene rings is 2. The summed E-state index contributed by atoms with van der Waals surface area (Å²) in [5.74, 6) is -1.62. The molecule has 3 rings (SSSR count). The molecule has 35 heavy (non-hydrogen) atoms. The van der Waals surface area contributed by atoms with Gasteiger partial charge < -0.3 is 15.2 Å². The molecule has 184 valence electrons. The number of aromatic nitrogens is 2. The number of imidazole rings is 1. The fourth-order valence-corrected chi connectivity index (χ4v) is 3.73. The van der Waals surface area contributed by atoms with Gasteiger partial charge in [-0.25, -0.2) is 10.5 Å². The number of nitrogens with one attached hydrogen (secondary N) is 3. The predicted molar refractivity (Wildman–Crippen MR) is 132 cm³/mol. The summed E-state index contributed by atoms with van der Waals surface area (Å²) in [6.07, 6.45) is 2.79. The summed E-state index contributed by atoms with van der Waals surface area (Å²) in [6.45, 7) is 5.49. The molecule has 0 fully saturated rings. The van der Waals surface area contributed by atoms with Crippen LogP contribution >= 0.6 is 0 Å². The molecule has 1 aromatic heterocycles. The molecule has 0 bridgehead atoms. The molecule has 9 heteroatoms. The molecule has 0 aliphatic heterocycles. The Labute approximate surface area is 204 Å². The van der Waals surface area contributed by atoms with E-state index in [-0.39, 0.29) is 12.3 Å². The fourth-order valence-electron chi connectivity index (χ4n) is 3.73. The van der Waals surface area contributed by atoms with E-state index in [4.69, 9.17) is 5.21 Å². The highest BCUT2D eigenvalue weighted by atomic mass is 16.5. The summed E-state index contributed by atoms with van der Waals surface area (Å²) in [6, 6.07) is 16.0. The first kappa shape index (κ1) is 25.6.